The number of hydrogen-bond donors (Lipinski definition) is 0. The van der Waals surface area contributed by atoms with E-state index >= 15 is 0 Å². The molecule has 0 aliphatic heterocycles. The molecule has 0 aliphatic rings. The van der Waals surface area contributed by atoms with Crippen molar-refractivity contribution in [1.29, 1.82) is 5.26 Å². The fraction of sp³-hybridized carbons (Fsp3) is 0.222. The van der Waals surface area contributed by atoms with E-state index in [9.17, 15) is 0 Å². The molecule has 0 bridgehead atoms. The molecule has 0 saturated carbocycles. The Morgan fingerprint density at radius 2 is 2.45 bits per heavy atom. The first-order chi connectivity index (χ1) is 5.38. The van der Waals surface area contributed by atoms with E-state index < -0.39 is 0 Å². The molecular formula is C9H7BrN. The molecule has 0 aromatic heterocycles. The SMILES string of the molecule is N#Cc1cc[c]cc1CCBr. The number of aryl methyl sites for hydroxylation is 1. The summed E-state index contributed by atoms with van der Waals surface area (Å²) in [6.45, 7) is 0. The van der Waals surface area contributed by atoms with Crippen LogP contribution >= 0.6 is 15.9 Å². The molecule has 0 fully saturated rings. The highest BCUT2D eigenvalue weighted by molar-refractivity contribution is 9.09. The molecule has 0 unspecified atom stereocenters. The lowest BCUT2D eigenvalue weighted by atomic mass is 10.1. The van der Waals surface area contributed by atoms with Crippen molar-refractivity contribution in [3.05, 3.63) is 35.4 Å². The molecule has 2 heteroatoms. The average Bonchev–Trinajstić information content (AvgIpc) is 2.06. The van der Waals surface area contributed by atoms with Gasteiger partial charge in [0.1, 0.15) is 0 Å². The molecule has 11 heavy (non-hydrogen) atoms. The quantitative estimate of drug-likeness (QED) is 0.685. The van der Waals surface area contributed by atoms with Gasteiger partial charge in [-0.25, -0.2) is 0 Å². The standard InChI is InChI=1S/C9H7BrN/c10-6-5-8-3-1-2-4-9(8)7-11/h2-4H,5-6H2. The van der Waals surface area contributed by atoms with Crippen LogP contribution in [0.3, 0.4) is 0 Å². The van der Waals surface area contributed by atoms with Gasteiger partial charge in [-0.15, -0.1) is 0 Å². The maximum absolute atomic E-state index is 8.67. The molecule has 0 atom stereocenters. The van der Waals surface area contributed by atoms with Crippen LogP contribution in [0.25, 0.3) is 0 Å². The zero-order chi connectivity index (χ0) is 8.10. The van der Waals surface area contributed by atoms with Gasteiger partial charge in [0.05, 0.1) is 11.6 Å². The minimum absolute atomic E-state index is 0.753. The van der Waals surface area contributed by atoms with E-state index in [0.29, 0.717) is 0 Å². The molecule has 1 radical (unpaired) electrons. The minimum Gasteiger partial charge on any atom is -0.192 e. The third-order valence-corrected chi connectivity index (χ3v) is 1.83. The molecule has 0 heterocycles. The smallest absolute Gasteiger partial charge is 0.0994 e. The summed E-state index contributed by atoms with van der Waals surface area (Å²) in [4.78, 5) is 0. The molecule has 0 aliphatic carbocycles. The van der Waals surface area contributed by atoms with E-state index in [1.54, 1.807) is 12.1 Å². The average molecular weight is 209 g/mol. The Morgan fingerprint density at radius 1 is 1.64 bits per heavy atom. The van der Waals surface area contributed by atoms with Crippen LogP contribution in [0.2, 0.25) is 0 Å². The van der Waals surface area contributed by atoms with Gasteiger partial charge < -0.3 is 0 Å². The maximum Gasteiger partial charge on any atom is 0.0994 e. The zero-order valence-electron chi connectivity index (χ0n) is 5.97. The highest BCUT2D eigenvalue weighted by Gasteiger charge is 1.97. The topological polar surface area (TPSA) is 23.8 Å². The van der Waals surface area contributed by atoms with Crippen LogP contribution in [0.4, 0.5) is 0 Å². The lowest BCUT2D eigenvalue weighted by molar-refractivity contribution is 1.15. The third kappa shape index (κ3) is 2.06. The molecule has 0 N–H and O–H groups in total. The van der Waals surface area contributed by atoms with Crippen LogP contribution in [0.5, 0.6) is 0 Å². The lowest BCUT2D eigenvalue weighted by Crippen LogP contribution is -1.89. The number of hydrogen-bond acceptors (Lipinski definition) is 1. The largest absolute Gasteiger partial charge is 0.192 e. The summed E-state index contributed by atoms with van der Waals surface area (Å²) in [5.41, 5.74) is 1.81. The Labute approximate surface area is 74.8 Å². The Kier molecular flexibility index (Phi) is 3.13. The number of halogens is 1. The van der Waals surface area contributed by atoms with Crippen molar-refractivity contribution >= 4 is 15.9 Å². The number of nitriles is 1. The molecule has 1 nitrogen and oxygen atoms in total. The van der Waals surface area contributed by atoms with Crippen molar-refractivity contribution in [2.24, 2.45) is 0 Å². The summed E-state index contributed by atoms with van der Waals surface area (Å²) in [6.07, 6.45) is 0.889. The third-order valence-electron chi connectivity index (χ3n) is 1.43. The van der Waals surface area contributed by atoms with Gasteiger partial charge in [-0.3, -0.25) is 0 Å². The summed E-state index contributed by atoms with van der Waals surface area (Å²) in [5.74, 6) is 0. The second-order valence-corrected chi connectivity index (χ2v) is 2.93. The fourth-order valence-corrected chi connectivity index (χ4v) is 1.31. The van der Waals surface area contributed by atoms with Crippen molar-refractivity contribution in [2.75, 3.05) is 5.33 Å². The minimum atomic E-state index is 0.753. The molecular weight excluding hydrogens is 202 g/mol. The fourth-order valence-electron chi connectivity index (χ4n) is 0.883. The van der Waals surface area contributed by atoms with Crippen LogP contribution in [-0.2, 0) is 6.42 Å². The van der Waals surface area contributed by atoms with Gasteiger partial charge in [-0.05, 0) is 30.2 Å². The van der Waals surface area contributed by atoms with Gasteiger partial charge in [0, 0.05) is 5.33 Å². The maximum atomic E-state index is 8.67. The molecule has 55 valence electrons. The zero-order valence-corrected chi connectivity index (χ0v) is 7.56. The summed E-state index contributed by atoms with van der Waals surface area (Å²) in [5, 5.41) is 9.55. The normalized spacial score (nSPS) is 9.09. The number of rotatable bonds is 2. The van der Waals surface area contributed by atoms with Crippen LogP contribution in [0.1, 0.15) is 11.1 Å². The van der Waals surface area contributed by atoms with Gasteiger partial charge in [0.25, 0.3) is 0 Å². The van der Waals surface area contributed by atoms with Crippen molar-refractivity contribution in [3.8, 4) is 6.07 Å². The molecule has 1 aromatic rings. The first-order valence-corrected chi connectivity index (χ1v) is 4.45. The number of nitrogens with zero attached hydrogens (tertiary/aromatic N) is 1. The highest BCUT2D eigenvalue weighted by Crippen LogP contribution is 2.08. The van der Waals surface area contributed by atoms with E-state index in [2.05, 4.69) is 28.1 Å². The predicted molar refractivity (Wildman–Crippen MR) is 47.5 cm³/mol. The Balaban J connectivity index is 2.95. The second-order valence-electron chi connectivity index (χ2n) is 2.13. The monoisotopic (exact) mass is 208 g/mol. The van der Waals surface area contributed by atoms with E-state index in [1.807, 2.05) is 6.07 Å². The first-order valence-electron chi connectivity index (χ1n) is 3.33. The molecule has 0 spiro atoms. The van der Waals surface area contributed by atoms with Crippen molar-refractivity contribution < 1.29 is 0 Å². The predicted octanol–water partition coefficient (Wildman–Crippen LogP) is 2.30. The van der Waals surface area contributed by atoms with Gasteiger partial charge in [-0.2, -0.15) is 5.26 Å². The molecule has 1 aromatic carbocycles. The summed E-state index contributed by atoms with van der Waals surface area (Å²) in [7, 11) is 0. The van der Waals surface area contributed by atoms with Crippen LogP contribution < -0.4 is 0 Å². The van der Waals surface area contributed by atoms with Crippen molar-refractivity contribution in [1.82, 2.24) is 0 Å². The molecule has 0 saturated heterocycles. The van der Waals surface area contributed by atoms with Gasteiger partial charge in [-0.1, -0.05) is 22.0 Å². The van der Waals surface area contributed by atoms with Crippen LogP contribution in [0.15, 0.2) is 18.2 Å². The highest BCUT2D eigenvalue weighted by atomic mass is 79.9. The lowest BCUT2D eigenvalue weighted by Gasteiger charge is -1.98. The van der Waals surface area contributed by atoms with Gasteiger partial charge in [0.15, 0.2) is 0 Å². The van der Waals surface area contributed by atoms with Crippen LogP contribution in [0, 0.1) is 17.4 Å². The van der Waals surface area contributed by atoms with E-state index in [-0.39, 0.29) is 0 Å². The summed E-state index contributed by atoms with van der Waals surface area (Å²) >= 11 is 3.33. The first kappa shape index (κ1) is 8.29. The Hall–Kier alpha value is -0.810. The number of benzene rings is 1. The van der Waals surface area contributed by atoms with E-state index in [0.717, 1.165) is 22.9 Å². The molecule has 0 amide bonds. The summed E-state index contributed by atoms with van der Waals surface area (Å²) < 4.78 is 0. The Morgan fingerprint density at radius 3 is 3.09 bits per heavy atom. The van der Waals surface area contributed by atoms with Gasteiger partial charge >= 0.3 is 0 Å². The van der Waals surface area contributed by atoms with Crippen molar-refractivity contribution in [3.63, 3.8) is 0 Å². The van der Waals surface area contributed by atoms with Crippen molar-refractivity contribution in [2.45, 2.75) is 6.42 Å². The van der Waals surface area contributed by atoms with Crippen LogP contribution in [-0.4, -0.2) is 5.33 Å². The summed E-state index contributed by atoms with van der Waals surface area (Å²) in [6, 6.07) is 10.5. The van der Waals surface area contributed by atoms with E-state index in [1.165, 1.54) is 0 Å². The van der Waals surface area contributed by atoms with Gasteiger partial charge in [0.2, 0.25) is 0 Å². The number of alkyl halides is 1. The van der Waals surface area contributed by atoms with E-state index in [4.69, 9.17) is 5.26 Å². The Bertz CT molecular complexity index is 275. The molecule has 1 rings (SSSR count). The second kappa shape index (κ2) is 4.15.